The van der Waals surface area contributed by atoms with Crippen LogP contribution in [0, 0.1) is 35.5 Å². The van der Waals surface area contributed by atoms with E-state index in [0.717, 1.165) is 26.8 Å². The number of carboxylic acids is 1. The maximum absolute atomic E-state index is 13.6. The van der Waals surface area contributed by atoms with Gasteiger partial charge in [-0.25, -0.2) is 4.79 Å². The van der Waals surface area contributed by atoms with E-state index in [4.69, 9.17) is 11.6 Å². The highest BCUT2D eigenvalue weighted by molar-refractivity contribution is 8.00. The van der Waals surface area contributed by atoms with Crippen molar-refractivity contribution in [1.82, 2.24) is 9.88 Å². The summed E-state index contributed by atoms with van der Waals surface area (Å²) in [5.41, 5.74) is 1.04. The van der Waals surface area contributed by atoms with Crippen molar-refractivity contribution < 1.29 is 19.5 Å². The van der Waals surface area contributed by atoms with Crippen LogP contribution in [0.1, 0.15) is 36.6 Å². The molecule has 178 valence electrons. The number of aromatic amines is 1. The van der Waals surface area contributed by atoms with Gasteiger partial charge in [-0.1, -0.05) is 48.9 Å². The number of aliphatic carboxylic acids is 1. The van der Waals surface area contributed by atoms with Crippen molar-refractivity contribution in [3.8, 4) is 0 Å². The maximum atomic E-state index is 13.6. The zero-order chi connectivity index (χ0) is 24.0. The molecule has 0 radical (unpaired) electrons. The van der Waals surface area contributed by atoms with Crippen LogP contribution in [0.2, 0.25) is 5.02 Å². The molecule has 2 saturated carbocycles. The van der Waals surface area contributed by atoms with E-state index in [1.165, 1.54) is 11.3 Å². The Morgan fingerprint density at radius 3 is 2.38 bits per heavy atom. The largest absolute Gasteiger partial charge is 0.480 e. The quantitative estimate of drug-likeness (QED) is 0.598. The molecule has 34 heavy (non-hydrogen) atoms. The van der Waals surface area contributed by atoms with Gasteiger partial charge >= 0.3 is 10.8 Å². The van der Waals surface area contributed by atoms with Crippen LogP contribution in [0.15, 0.2) is 34.1 Å². The van der Waals surface area contributed by atoms with Crippen molar-refractivity contribution in [3.63, 3.8) is 0 Å². The number of fused-ring (bicyclic) bond motifs is 9. The summed E-state index contributed by atoms with van der Waals surface area (Å²) in [6.07, 6.45) is 0.770. The van der Waals surface area contributed by atoms with E-state index in [-0.39, 0.29) is 51.5 Å². The number of carbonyl (C=O) groups is 3. The van der Waals surface area contributed by atoms with E-state index < -0.39 is 23.8 Å². The van der Waals surface area contributed by atoms with Crippen LogP contribution in [-0.4, -0.2) is 44.1 Å². The summed E-state index contributed by atoms with van der Waals surface area (Å²) < 4.78 is 0. The lowest BCUT2D eigenvalue weighted by atomic mass is 9.68. The van der Waals surface area contributed by atoms with E-state index in [1.54, 1.807) is 25.6 Å². The molecule has 6 rings (SSSR count). The molecule has 0 spiro atoms. The van der Waals surface area contributed by atoms with E-state index in [2.05, 4.69) is 4.98 Å². The molecule has 1 saturated heterocycles. The zero-order valence-electron chi connectivity index (χ0n) is 18.4. The lowest BCUT2D eigenvalue weighted by molar-refractivity contribution is -0.157. The molecule has 1 aromatic carbocycles. The number of nitrogens with one attached hydrogen (secondary N) is 1. The molecule has 1 aromatic heterocycles. The van der Waals surface area contributed by atoms with Crippen LogP contribution in [-0.2, 0) is 14.4 Å². The smallest absolute Gasteiger partial charge is 0.327 e. The fourth-order valence-electron chi connectivity index (χ4n) is 7.05. The van der Waals surface area contributed by atoms with Crippen molar-refractivity contribution in [3.05, 3.63) is 49.4 Å². The van der Waals surface area contributed by atoms with Crippen molar-refractivity contribution in [2.45, 2.75) is 42.5 Å². The summed E-state index contributed by atoms with van der Waals surface area (Å²) in [7, 11) is 0. The first kappa shape index (κ1) is 22.4. The second-order valence-corrected chi connectivity index (χ2v) is 12.7. The van der Waals surface area contributed by atoms with Crippen molar-refractivity contribution in [1.29, 1.82) is 0 Å². The number of hydrogen-bond donors (Lipinski definition) is 2. The fourth-order valence-corrected chi connectivity index (χ4v) is 10.1. The summed E-state index contributed by atoms with van der Waals surface area (Å²) in [6, 6.07) is 6.48. The topological polar surface area (TPSA) is 108 Å². The highest BCUT2D eigenvalue weighted by Gasteiger charge is 2.70. The number of amides is 2. The Bertz CT molecular complexity index is 1270. The number of thioether (sulfide) groups is 1. The third kappa shape index (κ3) is 2.96. The number of nitrogens with zero attached hydrogens (tertiary/aromatic N) is 1. The van der Waals surface area contributed by atoms with Crippen LogP contribution >= 0.6 is 34.7 Å². The number of carboxylic acid groups (broad SMARTS) is 1. The van der Waals surface area contributed by atoms with Gasteiger partial charge in [-0.05, 0) is 47.8 Å². The maximum Gasteiger partial charge on any atom is 0.327 e. The van der Waals surface area contributed by atoms with Gasteiger partial charge in [0.05, 0.1) is 16.9 Å². The van der Waals surface area contributed by atoms with E-state index in [1.807, 2.05) is 24.3 Å². The summed E-state index contributed by atoms with van der Waals surface area (Å²) in [5, 5.41) is 11.3. The van der Waals surface area contributed by atoms with Gasteiger partial charge in [0.2, 0.25) is 11.8 Å². The second-order valence-electron chi connectivity index (χ2n) is 10.1. The van der Waals surface area contributed by atoms with E-state index in [0.29, 0.717) is 5.02 Å². The fraction of sp³-hybridized carbons (Fsp3) is 0.500. The number of carbonyl (C=O) groups excluding carboxylic acids is 2. The number of H-pyrrole nitrogens is 1. The highest BCUT2D eigenvalue weighted by atomic mass is 35.5. The van der Waals surface area contributed by atoms with E-state index >= 15 is 0 Å². The average molecular weight is 519 g/mol. The van der Waals surface area contributed by atoms with Crippen LogP contribution in [0.5, 0.6) is 0 Å². The molecule has 3 fully saturated rings. The number of aromatic nitrogens is 1. The number of halogens is 1. The third-order valence-electron chi connectivity index (χ3n) is 8.15. The molecule has 2 aliphatic carbocycles. The molecule has 2 amide bonds. The molecule has 7 nitrogen and oxygen atoms in total. The standard InChI is InChI=1S/C24H23ClN2O5S2/c1-8(2)17(23(30)31)27-21(28)15-11-7-12(16(15)22(27)29)18-14(11)13(9-3-5-10(25)6-4-9)19-20(33-18)26-24(32)34-19/h3-6,8,11-18H,7H2,1-2H3,(H,26,32)(H,30,31)/t11-,12-,13+,14-,15+,16-,17-,18+/m1/s1. The minimum atomic E-state index is -1.15. The number of likely N-dealkylation sites (tertiary alicyclic amines) is 1. The average Bonchev–Trinajstić information content (AvgIpc) is 3.49. The minimum Gasteiger partial charge on any atom is -0.480 e. The first-order chi connectivity index (χ1) is 16.2. The van der Waals surface area contributed by atoms with Gasteiger partial charge in [-0.3, -0.25) is 19.3 Å². The molecule has 3 heterocycles. The van der Waals surface area contributed by atoms with Gasteiger partial charge < -0.3 is 10.1 Å². The molecular weight excluding hydrogens is 496 g/mol. The van der Waals surface area contributed by atoms with Crippen molar-refractivity contribution >= 4 is 52.5 Å². The van der Waals surface area contributed by atoms with Crippen molar-refractivity contribution in [2.24, 2.45) is 35.5 Å². The lowest BCUT2D eigenvalue weighted by Crippen LogP contribution is -2.49. The van der Waals surface area contributed by atoms with Gasteiger partial charge in [0, 0.05) is 21.1 Å². The van der Waals surface area contributed by atoms with Gasteiger partial charge in [0.25, 0.3) is 0 Å². The van der Waals surface area contributed by atoms with Gasteiger partial charge in [-0.15, -0.1) is 11.8 Å². The molecule has 2 aliphatic heterocycles. The van der Waals surface area contributed by atoms with Crippen LogP contribution < -0.4 is 4.87 Å². The Hall–Kier alpha value is -2.10. The predicted octanol–water partition coefficient (Wildman–Crippen LogP) is 3.67. The monoisotopic (exact) mass is 518 g/mol. The first-order valence-electron chi connectivity index (χ1n) is 11.4. The predicted molar refractivity (Wildman–Crippen MR) is 128 cm³/mol. The Morgan fingerprint density at radius 1 is 1.12 bits per heavy atom. The van der Waals surface area contributed by atoms with Crippen molar-refractivity contribution in [2.75, 3.05) is 0 Å². The number of imide groups is 1. The first-order valence-corrected chi connectivity index (χ1v) is 13.5. The Labute approximate surface area is 208 Å². The molecule has 10 heteroatoms. The van der Waals surface area contributed by atoms with Gasteiger partial charge in [0.15, 0.2) is 0 Å². The summed E-state index contributed by atoms with van der Waals surface area (Å²) in [4.78, 5) is 56.3. The zero-order valence-corrected chi connectivity index (χ0v) is 20.8. The van der Waals surface area contributed by atoms with Crippen LogP contribution in [0.4, 0.5) is 0 Å². The third-order valence-corrected chi connectivity index (χ3v) is 11.0. The Morgan fingerprint density at radius 2 is 1.76 bits per heavy atom. The molecule has 8 atom stereocenters. The van der Waals surface area contributed by atoms with Gasteiger partial charge in [0.1, 0.15) is 6.04 Å². The Kier molecular flexibility index (Phi) is 5.07. The Balaban J connectivity index is 1.44. The molecule has 2 N–H and O–H groups in total. The molecule has 2 bridgehead atoms. The molecular formula is C24H23ClN2O5S2. The minimum absolute atomic E-state index is 0.0283. The SMILES string of the molecule is CC(C)[C@H](C(=O)O)N1C(=O)[C@@H]2[C@H]3C[C@@H]([C@@H]2C1=O)[C@@H]1[C@H](c2ccc(Cl)cc2)c2sc(=O)[nH]c2S[C@@H]31. The second kappa shape index (κ2) is 7.70. The lowest BCUT2D eigenvalue weighted by Gasteiger charge is -2.43. The number of hydrogen-bond acceptors (Lipinski definition) is 6. The molecule has 0 unspecified atom stereocenters. The molecule has 2 aromatic rings. The summed E-state index contributed by atoms with van der Waals surface area (Å²) in [5.74, 6) is -3.24. The van der Waals surface area contributed by atoms with Gasteiger partial charge in [-0.2, -0.15) is 0 Å². The van der Waals surface area contributed by atoms with Crippen LogP contribution in [0.3, 0.4) is 0 Å². The van der Waals surface area contributed by atoms with E-state index in [9.17, 15) is 24.3 Å². The number of rotatable bonds is 4. The summed E-state index contributed by atoms with van der Waals surface area (Å²) >= 11 is 8.97. The van der Waals surface area contributed by atoms with Crippen LogP contribution in [0.25, 0.3) is 0 Å². The normalized spacial score (nSPS) is 34.4. The number of thiazole rings is 1. The number of benzene rings is 1. The molecule has 4 aliphatic rings. The highest BCUT2D eigenvalue weighted by Crippen LogP contribution is 2.68. The summed E-state index contributed by atoms with van der Waals surface area (Å²) in [6.45, 7) is 3.45.